The molecule has 206 valence electrons. The van der Waals surface area contributed by atoms with Crippen LogP contribution in [0.15, 0.2) is 60.7 Å². The number of para-hydroxylation sites is 1. The number of hydrogen-bond donors (Lipinski definition) is 1. The molecule has 1 atom stereocenters. The van der Waals surface area contributed by atoms with E-state index in [4.69, 9.17) is 9.72 Å². The Kier molecular flexibility index (Phi) is 7.02. The second-order valence-electron chi connectivity index (χ2n) is 10.6. The van der Waals surface area contributed by atoms with Crippen molar-refractivity contribution >= 4 is 39.9 Å². The molecule has 0 aliphatic heterocycles. The van der Waals surface area contributed by atoms with Gasteiger partial charge in [0.05, 0.1) is 12.3 Å². The molecule has 2 saturated carbocycles. The van der Waals surface area contributed by atoms with Gasteiger partial charge in [0.15, 0.2) is 5.69 Å². The number of anilines is 1. The predicted molar refractivity (Wildman–Crippen MR) is 154 cm³/mol. The second-order valence-corrected chi connectivity index (χ2v) is 11.4. The summed E-state index contributed by atoms with van der Waals surface area (Å²) in [5, 5.41) is 1.04. The number of ether oxygens (including phenoxy) is 1. The minimum atomic E-state index is -2.46. The van der Waals surface area contributed by atoms with Gasteiger partial charge in [-0.1, -0.05) is 42.5 Å². The maximum absolute atomic E-state index is 12.8. The summed E-state index contributed by atoms with van der Waals surface area (Å²) in [6.45, 7) is 4.66. The summed E-state index contributed by atoms with van der Waals surface area (Å²) < 4.78 is 30.6. The zero-order valence-corrected chi connectivity index (χ0v) is 23.3. The van der Waals surface area contributed by atoms with Gasteiger partial charge in [-0.05, 0) is 80.3 Å². The maximum Gasteiger partial charge on any atom is 0.357 e. The molecule has 2 aromatic carbocycles. The number of rotatable bonds is 9. The van der Waals surface area contributed by atoms with E-state index in [0.717, 1.165) is 57.7 Å². The molecule has 0 radical (unpaired) electrons. The highest BCUT2D eigenvalue weighted by molar-refractivity contribution is 7.81. The molecule has 0 saturated heterocycles. The average molecular weight is 558 g/mol. The molecule has 2 aliphatic carbocycles. The van der Waals surface area contributed by atoms with E-state index in [1.165, 1.54) is 5.69 Å². The SMILES string of the molecule is CCOC(=O)c1cc(C)c2cc(C3CC3)n(Cc3ccc(-c4ccccc4N(C(=O)C4CC4)S(=O)O)cc3)c2n1. The quantitative estimate of drug-likeness (QED) is 0.200. The van der Waals surface area contributed by atoms with Gasteiger partial charge in [0.25, 0.3) is 11.3 Å². The molecule has 2 aliphatic rings. The van der Waals surface area contributed by atoms with Crippen molar-refractivity contribution < 1.29 is 23.1 Å². The largest absolute Gasteiger partial charge is 0.461 e. The first-order valence-corrected chi connectivity index (χ1v) is 14.7. The van der Waals surface area contributed by atoms with Gasteiger partial charge in [0, 0.05) is 29.1 Å². The van der Waals surface area contributed by atoms with Crippen molar-refractivity contribution in [3.8, 4) is 11.1 Å². The minimum Gasteiger partial charge on any atom is -0.461 e. The Balaban J connectivity index is 1.34. The number of nitrogens with zero attached hydrogens (tertiary/aromatic N) is 3. The summed E-state index contributed by atoms with van der Waals surface area (Å²) >= 11 is -2.46. The van der Waals surface area contributed by atoms with Crippen LogP contribution in [0.4, 0.5) is 5.69 Å². The molecule has 9 heteroatoms. The molecule has 0 bridgehead atoms. The van der Waals surface area contributed by atoms with Crippen LogP contribution in [-0.4, -0.2) is 36.8 Å². The number of aryl methyl sites for hydroxylation is 1. The summed E-state index contributed by atoms with van der Waals surface area (Å²) in [5.41, 5.74) is 6.34. The van der Waals surface area contributed by atoms with Crippen LogP contribution in [0.5, 0.6) is 0 Å². The lowest BCUT2D eigenvalue weighted by atomic mass is 10.0. The highest BCUT2D eigenvalue weighted by atomic mass is 32.2. The molecule has 6 rings (SSSR count). The molecular weight excluding hydrogens is 526 g/mol. The number of pyridine rings is 1. The molecule has 1 unspecified atom stereocenters. The van der Waals surface area contributed by atoms with E-state index < -0.39 is 17.2 Å². The fourth-order valence-corrected chi connectivity index (χ4v) is 5.86. The first kappa shape index (κ1) is 26.4. The van der Waals surface area contributed by atoms with Gasteiger partial charge in [0.1, 0.15) is 5.65 Å². The van der Waals surface area contributed by atoms with Gasteiger partial charge in [-0.3, -0.25) is 9.35 Å². The molecule has 2 aromatic heterocycles. The van der Waals surface area contributed by atoms with Gasteiger partial charge in [-0.15, -0.1) is 0 Å². The number of hydrogen-bond acceptors (Lipinski definition) is 5. The van der Waals surface area contributed by atoms with Gasteiger partial charge >= 0.3 is 5.97 Å². The van der Waals surface area contributed by atoms with Crippen LogP contribution >= 0.6 is 0 Å². The number of fused-ring (bicyclic) bond motifs is 1. The Morgan fingerprint density at radius 3 is 2.45 bits per heavy atom. The van der Waals surface area contributed by atoms with Crippen molar-refractivity contribution in [2.24, 2.45) is 5.92 Å². The van der Waals surface area contributed by atoms with Gasteiger partial charge < -0.3 is 9.30 Å². The van der Waals surface area contributed by atoms with E-state index >= 15 is 0 Å². The third-order valence-corrected chi connectivity index (χ3v) is 8.29. The number of carbonyl (C=O) groups is 2. The third kappa shape index (κ3) is 5.07. The minimum absolute atomic E-state index is 0.190. The molecule has 1 N–H and O–H groups in total. The van der Waals surface area contributed by atoms with Crippen LogP contribution in [0.2, 0.25) is 0 Å². The molecule has 40 heavy (non-hydrogen) atoms. The van der Waals surface area contributed by atoms with Crippen LogP contribution < -0.4 is 4.31 Å². The monoisotopic (exact) mass is 557 g/mol. The number of benzene rings is 2. The van der Waals surface area contributed by atoms with E-state index in [1.54, 1.807) is 25.1 Å². The number of amides is 1. The van der Waals surface area contributed by atoms with Crippen LogP contribution in [0.1, 0.15) is 65.8 Å². The summed E-state index contributed by atoms with van der Waals surface area (Å²) in [7, 11) is 0. The Morgan fingerprint density at radius 2 is 1.80 bits per heavy atom. The van der Waals surface area contributed by atoms with E-state index in [-0.39, 0.29) is 11.8 Å². The second kappa shape index (κ2) is 10.6. The zero-order chi connectivity index (χ0) is 28.0. The molecule has 2 fully saturated rings. The van der Waals surface area contributed by atoms with Gasteiger partial charge in [-0.25, -0.2) is 18.3 Å². The van der Waals surface area contributed by atoms with E-state index in [9.17, 15) is 18.4 Å². The van der Waals surface area contributed by atoms with Crippen molar-refractivity contribution in [2.75, 3.05) is 10.9 Å². The summed E-state index contributed by atoms with van der Waals surface area (Å²) in [4.78, 5) is 30.0. The molecule has 2 heterocycles. The van der Waals surface area contributed by atoms with Crippen LogP contribution in [0, 0.1) is 12.8 Å². The maximum atomic E-state index is 12.8. The molecular formula is C31H31N3O5S. The van der Waals surface area contributed by atoms with E-state index in [1.807, 2.05) is 43.3 Å². The first-order chi connectivity index (χ1) is 19.4. The van der Waals surface area contributed by atoms with Crippen LogP contribution in [-0.2, 0) is 27.3 Å². The number of carbonyl (C=O) groups excluding carboxylic acids is 2. The molecule has 8 nitrogen and oxygen atoms in total. The fourth-order valence-electron chi connectivity index (χ4n) is 5.23. The van der Waals surface area contributed by atoms with E-state index in [2.05, 4.69) is 10.6 Å². The smallest absolute Gasteiger partial charge is 0.357 e. The predicted octanol–water partition coefficient (Wildman–Crippen LogP) is 5.99. The highest BCUT2D eigenvalue weighted by Crippen LogP contribution is 2.43. The Hall–Kier alpha value is -3.82. The molecule has 0 spiro atoms. The Labute approximate surface area is 235 Å². The number of esters is 1. The van der Waals surface area contributed by atoms with Crippen molar-refractivity contribution in [1.82, 2.24) is 9.55 Å². The van der Waals surface area contributed by atoms with Crippen LogP contribution in [0.25, 0.3) is 22.2 Å². The molecule has 1 amide bonds. The van der Waals surface area contributed by atoms with Gasteiger partial charge in [-0.2, -0.15) is 0 Å². The van der Waals surface area contributed by atoms with Crippen molar-refractivity contribution in [2.45, 2.75) is 52.0 Å². The average Bonchev–Trinajstić information content (AvgIpc) is 3.87. The fraction of sp³-hybridized carbons (Fsp3) is 0.323. The Morgan fingerprint density at radius 1 is 1.07 bits per heavy atom. The van der Waals surface area contributed by atoms with Gasteiger partial charge in [0.2, 0.25) is 5.91 Å². The lowest BCUT2D eigenvalue weighted by molar-refractivity contribution is -0.118. The summed E-state index contributed by atoms with van der Waals surface area (Å²) in [6, 6.07) is 19.2. The normalized spacial score (nSPS) is 15.7. The van der Waals surface area contributed by atoms with Crippen LogP contribution in [0.3, 0.4) is 0 Å². The third-order valence-electron chi connectivity index (χ3n) is 7.60. The lowest BCUT2D eigenvalue weighted by Gasteiger charge is -2.21. The number of aromatic nitrogens is 2. The van der Waals surface area contributed by atoms with Crippen molar-refractivity contribution in [3.05, 3.63) is 83.2 Å². The van der Waals surface area contributed by atoms with E-state index in [0.29, 0.717) is 36.0 Å². The lowest BCUT2D eigenvalue weighted by Crippen LogP contribution is -2.34. The summed E-state index contributed by atoms with van der Waals surface area (Å²) in [6.07, 6.45) is 3.77. The Bertz CT molecular complexity index is 1640. The summed E-state index contributed by atoms with van der Waals surface area (Å²) in [5.74, 6) is -0.443. The zero-order valence-electron chi connectivity index (χ0n) is 22.5. The van der Waals surface area contributed by atoms with Crippen molar-refractivity contribution in [3.63, 3.8) is 0 Å². The van der Waals surface area contributed by atoms with Crippen molar-refractivity contribution in [1.29, 1.82) is 0 Å². The topological polar surface area (TPSA) is 102 Å². The first-order valence-electron chi connectivity index (χ1n) is 13.7. The highest BCUT2D eigenvalue weighted by Gasteiger charge is 2.37. The molecule has 4 aromatic rings. The standard InChI is InChI=1S/C31H31N3O5S/c1-3-39-31(36)26-16-19(2)25-17-28(22-12-13-22)33(29(25)32-26)18-20-8-10-21(11-9-20)24-6-4-5-7-27(24)34(40(37)38)30(35)23-14-15-23/h4-11,16-17,22-23H,3,12-15,18H2,1-2H3,(H,37,38).